The summed E-state index contributed by atoms with van der Waals surface area (Å²) in [7, 11) is 1.42. The zero-order chi connectivity index (χ0) is 30.1. The molecular weight excluding hydrogens is 672 g/mol. The standard InChI is InChI=1S/C26H26Br2N4O9/c1-4-39-25(36)22-13(2)30-26(37)31-23(22)15-5-6-18(19(9-15)38-3)40-11-20(33)32-29-10-14-7-16(27)24(17(28)8-14)41-12-21(34)35/h5-10,23H,4,11-12H2,1-3H3,(H,32,33)(H,34,35)(H2,30,31,37)/b29-10-/t23-/m1/s1. The molecule has 0 saturated heterocycles. The number of rotatable bonds is 12. The number of carbonyl (C=O) groups excluding carboxylic acids is 3. The minimum atomic E-state index is -1.11. The molecule has 41 heavy (non-hydrogen) atoms. The highest BCUT2D eigenvalue weighted by molar-refractivity contribution is 9.11. The lowest BCUT2D eigenvalue weighted by atomic mass is 9.95. The first kappa shape index (κ1) is 31.4. The van der Waals surface area contributed by atoms with Crippen LogP contribution in [0.5, 0.6) is 17.2 Å². The summed E-state index contributed by atoms with van der Waals surface area (Å²) in [5.41, 5.74) is 4.09. The number of benzene rings is 2. The molecule has 0 unspecified atom stereocenters. The summed E-state index contributed by atoms with van der Waals surface area (Å²) in [6, 6.07) is 6.79. The number of hydrazone groups is 1. The van der Waals surface area contributed by atoms with Gasteiger partial charge in [0.25, 0.3) is 5.91 Å². The number of carboxylic acid groups (broad SMARTS) is 1. The summed E-state index contributed by atoms with van der Waals surface area (Å²) >= 11 is 6.62. The Bertz CT molecular complexity index is 1390. The number of carboxylic acids is 1. The average molecular weight is 698 g/mol. The molecule has 0 spiro atoms. The lowest BCUT2D eigenvalue weighted by molar-refractivity contribution is -0.140. The summed E-state index contributed by atoms with van der Waals surface area (Å²) in [4.78, 5) is 47.7. The third kappa shape index (κ3) is 8.44. The first-order chi connectivity index (χ1) is 19.5. The molecule has 1 aliphatic heterocycles. The third-order valence-corrected chi connectivity index (χ3v) is 6.59. The van der Waals surface area contributed by atoms with Crippen LogP contribution in [-0.4, -0.2) is 62.1 Å². The molecule has 0 aliphatic carbocycles. The number of amides is 3. The van der Waals surface area contributed by atoms with Gasteiger partial charge in [0.2, 0.25) is 0 Å². The van der Waals surface area contributed by atoms with Crippen LogP contribution in [-0.2, 0) is 19.1 Å². The molecule has 1 heterocycles. The number of esters is 1. The van der Waals surface area contributed by atoms with Crippen LogP contribution in [0, 0.1) is 0 Å². The summed E-state index contributed by atoms with van der Waals surface area (Å²) in [5.74, 6) is -1.40. The number of hydrogen-bond donors (Lipinski definition) is 4. The van der Waals surface area contributed by atoms with Gasteiger partial charge in [-0.3, -0.25) is 4.79 Å². The van der Waals surface area contributed by atoms with Gasteiger partial charge in [0, 0.05) is 5.70 Å². The lowest BCUT2D eigenvalue weighted by Gasteiger charge is -2.28. The fraction of sp³-hybridized carbons (Fsp3) is 0.269. The van der Waals surface area contributed by atoms with Crippen molar-refractivity contribution in [1.29, 1.82) is 0 Å². The van der Waals surface area contributed by atoms with Gasteiger partial charge in [0.1, 0.15) is 5.75 Å². The van der Waals surface area contributed by atoms with Crippen molar-refractivity contribution in [3.63, 3.8) is 0 Å². The number of carbonyl (C=O) groups is 4. The Morgan fingerprint density at radius 2 is 1.80 bits per heavy atom. The van der Waals surface area contributed by atoms with Gasteiger partial charge in [0.15, 0.2) is 24.7 Å². The number of hydrogen-bond acceptors (Lipinski definition) is 9. The van der Waals surface area contributed by atoms with E-state index in [0.717, 1.165) is 0 Å². The zero-order valence-corrected chi connectivity index (χ0v) is 25.3. The third-order valence-electron chi connectivity index (χ3n) is 5.41. The molecular formula is C26H26Br2N4O9. The van der Waals surface area contributed by atoms with Crippen molar-refractivity contribution in [2.24, 2.45) is 5.10 Å². The zero-order valence-electron chi connectivity index (χ0n) is 22.1. The molecule has 0 radical (unpaired) electrons. The summed E-state index contributed by atoms with van der Waals surface area (Å²) in [5, 5.41) is 18.0. The molecule has 1 aliphatic rings. The molecule has 1 atom stereocenters. The van der Waals surface area contributed by atoms with Crippen molar-refractivity contribution in [3.05, 3.63) is 61.7 Å². The second kappa shape index (κ2) is 14.5. The maximum atomic E-state index is 12.6. The monoisotopic (exact) mass is 696 g/mol. The van der Waals surface area contributed by atoms with E-state index in [4.69, 9.17) is 24.1 Å². The molecule has 3 amide bonds. The molecule has 3 rings (SSSR count). The predicted molar refractivity (Wildman–Crippen MR) is 153 cm³/mol. The number of urea groups is 1. The lowest BCUT2D eigenvalue weighted by Crippen LogP contribution is -2.45. The van der Waals surface area contributed by atoms with Gasteiger partial charge in [-0.05, 0) is 81.1 Å². The van der Waals surface area contributed by atoms with Crippen LogP contribution < -0.4 is 30.3 Å². The van der Waals surface area contributed by atoms with E-state index in [9.17, 15) is 19.2 Å². The average Bonchev–Trinajstić information content (AvgIpc) is 2.90. The van der Waals surface area contributed by atoms with E-state index in [2.05, 4.69) is 53.0 Å². The second-order valence-electron chi connectivity index (χ2n) is 8.28. The quantitative estimate of drug-likeness (QED) is 0.147. The van der Waals surface area contributed by atoms with Crippen LogP contribution in [0.25, 0.3) is 0 Å². The van der Waals surface area contributed by atoms with E-state index in [0.29, 0.717) is 31.5 Å². The Morgan fingerprint density at radius 1 is 1.10 bits per heavy atom. The SMILES string of the molecule is CCOC(=O)C1=C(C)NC(=O)N[C@@H]1c1ccc(OCC(=O)N/N=C\c2cc(Br)c(OCC(=O)O)c(Br)c2)c(OC)c1. The highest BCUT2D eigenvalue weighted by Gasteiger charge is 2.32. The predicted octanol–water partition coefficient (Wildman–Crippen LogP) is 3.40. The highest BCUT2D eigenvalue weighted by atomic mass is 79.9. The highest BCUT2D eigenvalue weighted by Crippen LogP contribution is 2.35. The Kier molecular flexibility index (Phi) is 11.1. The summed E-state index contributed by atoms with van der Waals surface area (Å²) in [6.07, 6.45) is 1.38. The number of ether oxygens (including phenoxy) is 4. The maximum Gasteiger partial charge on any atom is 0.341 e. The van der Waals surface area contributed by atoms with Crippen LogP contribution in [0.1, 0.15) is 31.0 Å². The number of nitrogens with one attached hydrogen (secondary N) is 3. The van der Waals surface area contributed by atoms with Gasteiger partial charge in [0.05, 0.1) is 40.5 Å². The van der Waals surface area contributed by atoms with Gasteiger partial charge >= 0.3 is 18.0 Å². The van der Waals surface area contributed by atoms with Crippen molar-refractivity contribution in [3.8, 4) is 17.2 Å². The van der Waals surface area contributed by atoms with E-state index in [1.807, 2.05) is 0 Å². The van der Waals surface area contributed by atoms with Crippen molar-refractivity contribution < 1.29 is 43.2 Å². The van der Waals surface area contributed by atoms with Crippen molar-refractivity contribution in [1.82, 2.24) is 16.1 Å². The fourth-order valence-electron chi connectivity index (χ4n) is 3.69. The van der Waals surface area contributed by atoms with E-state index in [1.54, 1.807) is 44.2 Å². The molecule has 0 bridgehead atoms. The van der Waals surface area contributed by atoms with Crippen LogP contribution >= 0.6 is 31.9 Å². The second-order valence-corrected chi connectivity index (χ2v) is 9.99. The van der Waals surface area contributed by atoms with Crippen molar-refractivity contribution in [2.75, 3.05) is 26.9 Å². The van der Waals surface area contributed by atoms with Crippen LogP contribution in [0.2, 0.25) is 0 Å². The van der Waals surface area contributed by atoms with Gasteiger partial charge in [-0.25, -0.2) is 19.8 Å². The summed E-state index contributed by atoms with van der Waals surface area (Å²) in [6.45, 7) is 2.57. The number of allylic oxidation sites excluding steroid dienone is 1. The molecule has 0 fully saturated rings. The molecule has 2 aromatic rings. The van der Waals surface area contributed by atoms with Gasteiger partial charge in [-0.1, -0.05) is 6.07 Å². The molecule has 13 nitrogen and oxygen atoms in total. The first-order valence-corrected chi connectivity index (χ1v) is 13.5. The van der Waals surface area contributed by atoms with Crippen molar-refractivity contribution >= 4 is 62.0 Å². The van der Waals surface area contributed by atoms with Crippen molar-refractivity contribution in [2.45, 2.75) is 19.9 Å². The molecule has 15 heteroatoms. The van der Waals surface area contributed by atoms with Gasteiger partial charge in [-0.15, -0.1) is 0 Å². The van der Waals surface area contributed by atoms with E-state index in [-0.39, 0.29) is 30.3 Å². The van der Waals surface area contributed by atoms with E-state index >= 15 is 0 Å². The van der Waals surface area contributed by atoms with Gasteiger partial charge < -0.3 is 34.7 Å². The van der Waals surface area contributed by atoms with Gasteiger partial charge in [-0.2, -0.15) is 5.10 Å². The Balaban J connectivity index is 1.65. The van der Waals surface area contributed by atoms with Crippen LogP contribution in [0.3, 0.4) is 0 Å². The number of nitrogens with zero attached hydrogens (tertiary/aromatic N) is 1. The molecule has 4 N–H and O–H groups in total. The number of methoxy groups -OCH3 is 1. The normalized spacial score (nSPS) is 14.7. The van der Waals surface area contributed by atoms with Crippen LogP contribution in [0.4, 0.5) is 4.79 Å². The van der Waals surface area contributed by atoms with Crippen LogP contribution in [0.15, 0.2) is 55.6 Å². The van der Waals surface area contributed by atoms with E-state index < -0.39 is 36.5 Å². The molecule has 218 valence electrons. The minimum Gasteiger partial charge on any atom is -0.493 e. The molecule has 2 aromatic carbocycles. The van der Waals surface area contributed by atoms with E-state index in [1.165, 1.54) is 13.3 Å². The fourth-order valence-corrected chi connectivity index (χ4v) is 5.14. The Labute approximate surface area is 251 Å². The molecule has 0 aromatic heterocycles. The Morgan fingerprint density at radius 3 is 2.44 bits per heavy atom. The first-order valence-electron chi connectivity index (χ1n) is 12.0. The maximum absolute atomic E-state index is 12.6. The number of aliphatic carboxylic acids is 1. The summed E-state index contributed by atoms with van der Waals surface area (Å²) < 4.78 is 22.4. The largest absolute Gasteiger partial charge is 0.493 e. The number of halogens is 2. The smallest absolute Gasteiger partial charge is 0.341 e. The molecule has 0 saturated carbocycles. The minimum absolute atomic E-state index is 0.170. The topological polar surface area (TPSA) is 174 Å². The Hall–Kier alpha value is -4.11.